The van der Waals surface area contributed by atoms with E-state index < -0.39 is 0 Å². The van der Waals surface area contributed by atoms with Gasteiger partial charge in [0.25, 0.3) is 0 Å². The molecule has 0 saturated heterocycles. The molecule has 0 unspecified atom stereocenters. The second-order valence-electron chi connectivity index (χ2n) is 14.1. The molecule has 49 heavy (non-hydrogen) atoms. The third kappa shape index (κ3) is 4.68. The zero-order valence-electron chi connectivity index (χ0n) is 28.2. The molecule has 0 N–H and O–H groups in total. The number of pyridine rings is 2. The number of rotatable bonds is 5. The van der Waals surface area contributed by atoms with Gasteiger partial charge in [-0.25, -0.2) is 15.0 Å². The number of nitrogens with zero attached hydrogens (tertiary/aromatic N) is 6. The van der Waals surface area contributed by atoms with Gasteiger partial charge in [-0.1, -0.05) is 71.0 Å². The highest BCUT2D eigenvalue weighted by atomic mass is 16.5. The zero-order valence-corrected chi connectivity index (χ0v) is 28.2. The SMILES string of the molecule is CC(C)c1ccnc(-n2c3ccccc3c3ccc(Oc4ccc5c(c4)n4c6ncc(C(C)(C)C)cc6nc4n5-c4ccccc4)cc32)c1. The normalized spacial score (nSPS) is 12.4. The van der Waals surface area contributed by atoms with Crippen LogP contribution in [0.4, 0.5) is 0 Å². The topological polar surface area (TPSA) is 62.2 Å². The molecule has 9 rings (SSSR count). The maximum Gasteiger partial charge on any atom is 0.221 e. The van der Waals surface area contributed by atoms with E-state index in [2.05, 4.69) is 139 Å². The monoisotopic (exact) mass is 640 g/mol. The minimum Gasteiger partial charge on any atom is -0.457 e. The molecule has 0 atom stereocenters. The minimum absolute atomic E-state index is 0.0343. The maximum atomic E-state index is 6.66. The summed E-state index contributed by atoms with van der Waals surface area (Å²) >= 11 is 0. The molecule has 0 amide bonds. The summed E-state index contributed by atoms with van der Waals surface area (Å²) in [5.41, 5.74) is 9.25. The van der Waals surface area contributed by atoms with Crippen LogP contribution in [0.5, 0.6) is 11.5 Å². The molecule has 0 spiro atoms. The Kier molecular flexibility index (Phi) is 6.43. The van der Waals surface area contributed by atoms with E-state index in [1.54, 1.807) is 0 Å². The van der Waals surface area contributed by atoms with Crippen molar-refractivity contribution in [3.05, 3.63) is 133 Å². The lowest BCUT2D eigenvalue weighted by molar-refractivity contribution is 0.484. The van der Waals surface area contributed by atoms with E-state index in [1.807, 2.05) is 30.6 Å². The number of para-hydroxylation sites is 2. The largest absolute Gasteiger partial charge is 0.457 e. The summed E-state index contributed by atoms with van der Waals surface area (Å²) in [6, 6.07) is 37.9. The van der Waals surface area contributed by atoms with Crippen LogP contribution in [0.25, 0.3) is 61.3 Å². The Balaban J connectivity index is 1.21. The standard InChI is InChI=1S/C42H36N6O/c1-26(2)27-19-20-43-39(21-27)47-35-14-10-9-13-32(35)33-17-15-30(23-37(33)47)49-31-16-18-36-38(24-31)48-40-34(22-28(25-44-40)42(3,4)5)45-41(48)46(36)29-11-7-6-8-12-29/h6-26H,1-5H3. The van der Waals surface area contributed by atoms with Crippen molar-refractivity contribution in [3.63, 3.8) is 0 Å². The van der Waals surface area contributed by atoms with Crippen LogP contribution in [0.15, 0.2) is 122 Å². The summed E-state index contributed by atoms with van der Waals surface area (Å²) in [6.45, 7) is 11.0. The van der Waals surface area contributed by atoms with Gasteiger partial charge in [-0.3, -0.25) is 13.5 Å². The number of benzene rings is 4. The van der Waals surface area contributed by atoms with Gasteiger partial charge in [0.1, 0.15) is 22.8 Å². The van der Waals surface area contributed by atoms with Crippen molar-refractivity contribution in [1.82, 2.24) is 28.5 Å². The van der Waals surface area contributed by atoms with Gasteiger partial charge in [-0.2, -0.15) is 0 Å². The first-order chi connectivity index (χ1) is 23.7. The van der Waals surface area contributed by atoms with Gasteiger partial charge in [0.05, 0.1) is 22.1 Å². The predicted octanol–water partition coefficient (Wildman–Crippen LogP) is 10.5. The third-order valence-corrected chi connectivity index (χ3v) is 9.53. The second kappa shape index (κ2) is 10.8. The minimum atomic E-state index is -0.0343. The molecule has 5 heterocycles. The average molecular weight is 641 g/mol. The quantitative estimate of drug-likeness (QED) is 0.188. The first-order valence-corrected chi connectivity index (χ1v) is 16.8. The van der Waals surface area contributed by atoms with Crippen molar-refractivity contribution in [3.8, 4) is 23.0 Å². The molecular formula is C42H36N6O. The zero-order chi connectivity index (χ0) is 33.4. The van der Waals surface area contributed by atoms with Gasteiger partial charge in [0.15, 0.2) is 5.65 Å². The van der Waals surface area contributed by atoms with Crippen LogP contribution >= 0.6 is 0 Å². The number of ether oxygens (including phenoxy) is 1. The van der Waals surface area contributed by atoms with Gasteiger partial charge in [0, 0.05) is 41.0 Å². The average Bonchev–Trinajstić information content (AvgIpc) is 3.74. The summed E-state index contributed by atoms with van der Waals surface area (Å²) in [6.07, 6.45) is 3.88. The van der Waals surface area contributed by atoms with Crippen molar-refractivity contribution in [2.45, 2.75) is 46.0 Å². The molecule has 7 heteroatoms. The van der Waals surface area contributed by atoms with Gasteiger partial charge in [-0.05, 0) is 83.1 Å². The second-order valence-corrected chi connectivity index (χ2v) is 14.1. The van der Waals surface area contributed by atoms with Gasteiger partial charge in [-0.15, -0.1) is 0 Å². The van der Waals surface area contributed by atoms with Crippen LogP contribution < -0.4 is 4.74 Å². The molecule has 7 nitrogen and oxygen atoms in total. The fourth-order valence-electron chi connectivity index (χ4n) is 6.92. The van der Waals surface area contributed by atoms with E-state index in [4.69, 9.17) is 19.7 Å². The highest BCUT2D eigenvalue weighted by molar-refractivity contribution is 6.09. The molecule has 0 bridgehead atoms. The van der Waals surface area contributed by atoms with E-state index in [9.17, 15) is 0 Å². The fourth-order valence-corrected chi connectivity index (χ4v) is 6.92. The fraction of sp³-hybridized carbons (Fsp3) is 0.167. The van der Waals surface area contributed by atoms with Crippen molar-refractivity contribution in [2.24, 2.45) is 0 Å². The van der Waals surface area contributed by atoms with Crippen molar-refractivity contribution < 1.29 is 4.74 Å². The molecule has 9 aromatic rings. The molecule has 0 fully saturated rings. The molecular weight excluding hydrogens is 605 g/mol. The number of fused-ring (bicyclic) bond motifs is 8. The Morgan fingerprint density at radius 2 is 1.39 bits per heavy atom. The Labute approximate surface area is 284 Å². The molecule has 0 aliphatic rings. The van der Waals surface area contributed by atoms with Gasteiger partial charge < -0.3 is 4.74 Å². The number of aromatic nitrogens is 6. The van der Waals surface area contributed by atoms with Crippen LogP contribution in [0, 0.1) is 0 Å². The first kappa shape index (κ1) is 29.2. The predicted molar refractivity (Wildman–Crippen MR) is 199 cm³/mol. The number of hydrogen-bond acceptors (Lipinski definition) is 4. The van der Waals surface area contributed by atoms with Crippen molar-refractivity contribution in [2.75, 3.05) is 0 Å². The summed E-state index contributed by atoms with van der Waals surface area (Å²) < 4.78 is 13.2. The highest BCUT2D eigenvalue weighted by Crippen LogP contribution is 2.37. The molecule has 0 saturated carbocycles. The van der Waals surface area contributed by atoms with E-state index in [0.29, 0.717) is 5.92 Å². The maximum absolute atomic E-state index is 6.66. The Hall–Kier alpha value is -5.95. The summed E-state index contributed by atoms with van der Waals surface area (Å²) in [4.78, 5) is 14.9. The van der Waals surface area contributed by atoms with Crippen LogP contribution in [0.1, 0.15) is 51.7 Å². The molecule has 0 radical (unpaired) electrons. The molecule has 4 aromatic carbocycles. The molecule has 240 valence electrons. The lowest BCUT2D eigenvalue weighted by Gasteiger charge is -2.17. The summed E-state index contributed by atoms with van der Waals surface area (Å²) in [5.74, 6) is 3.59. The summed E-state index contributed by atoms with van der Waals surface area (Å²) in [7, 11) is 0. The van der Waals surface area contributed by atoms with E-state index in [-0.39, 0.29) is 5.41 Å². The Morgan fingerprint density at radius 1 is 0.653 bits per heavy atom. The smallest absolute Gasteiger partial charge is 0.221 e. The van der Waals surface area contributed by atoms with Crippen LogP contribution in [-0.2, 0) is 5.41 Å². The van der Waals surface area contributed by atoms with Crippen molar-refractivity contribution in [1.29, 1.82) is 0 Å². The number of hydrogen-bond donors (Lipinski definition) is 0. The van der Waals surface area contributed by atoms with Gasteiger partial charge in [0.2, 0.25) is 5.78 Å². The third-order valence-electron chi connectivity index (χ3n) is 9.53. The Morgan fingerprint density at radius 3 is 2.18 bits per heavy atom. The Bertz CT molecular complexity index is 2710. The molecule has 0 aliphatic heterocycles. The van der Waals surface area contributed by atoms with Gasteiger partial charge >= 0.3 is 0 Å². The lowest BCUT2D eigenvalue weighted by atomic mass is 9.88. The van der Waals surface area contributed by atoms with Crippen LogP contribution in [0.3, 0.4) is 0 Å². The molecule has 0 aliphatic carbocycles. The summed E-state index contributed by atoms with van der Waals surface area (Å²) in [5, 5.41) is 2.34. The van der Waals surface area contributed by atoms with Crippen LogP contribution in [0.2, 0.25) is 0 Å². The van der Waals surface area contributed by atoms with Crippen LogP contribution in [-0.4, -0.2) is 28.5 Å². The molecule has 5 aromatic heterocycles. The van der Waals surface area contributed by atoms with E-state index >= 15 is 0 Å². The number of imidazole rings is 2. The first-order valence-electron chi connectivity index (χ1n) is 16.8. The highest BCUT2D eigenvalue weighted by Gasteiger charge is 2.22. The lowest BCUT2D eigenvalue weighted by Crippen LogP contribution is -2.11. The van der Waals surface area contributed by atoms with Crippen molar-refractivity contribution >= 4 is 49.8 Å². The van der Waals surface area contributed by atoms with E-state index in [0.717, 1.165) is 73.0 Å². The van der Waals surface area contributed by atoms with E-state index in [1.165, 1.54) is 10.9 Å².